The third-order valence-electron chi connectivity index (χ3n) is 5.68. The Balaban J connectivity index is 1.47. The zero-order valence-corrected chi connectivity index (χ0v) is 17.3. The first-order chi connectivity index (χ1) is 15.2. The molecule has 3 aromatic heterocycles. The van der Waals surface area contributed by atoms with Crippen LogP contribution in [0.3, 0.4) is 0 Å². The van der Waals surface area contributed by atoms with Crippen molar-refractivity contribution in [2.24, 2.45) is 7.05 Å². The van der Waals surface area contributed by atoms with Crippen LogP contribution in [0, 0.1) is 6.92 Å². The molecule has 5 rings (SSSR count). The standard InChI is InChI=1S/C23H18F3N5O/c1-13-11-15(21-27-12-17-16(29-21)4-6-19(28-17)23(24,25)26)3-5-18(13)31-10-8-14-7-9-30(2)20(14)22(31)32/h3-7,9,11-12H,8,10H2,1-2H3. The van der Waals surface area contributed by atoms with Gasteiger partial charge in [0.2, 0.25) is 0 Å². The van der Waals surface area contributed by atoms with E-state index < -0.39 is 11.9 Å². The van der Waals surface area contributed by atoms with Crippen molar-refractivity contribution in [3.05, 3.63) is 71.3 Å². The minimum Gasteiger partial charge on any atom is -0.346 e. The van der Waals surface area contributed by atoms with Crippen molar-refractivity contribution < 1.29 is 18.0 Å². The van der Waals surface area contributed by atoms with Crippen LogP contribution in [0.1, 0.15) is 27.3 Å². The van der Waals surface area contributed by atoms with Crippen LogP contribution >= 0.6 is 0 Å². The van der Waals surface area contributed by atoms with E-state index >= 15 is 0 Å². The average Bonchev–Trinajstić information content (AvgIpc) is 3.14. The molecule has 1 amide bonds. The molecule has 0 saturated carbocycles. The lowest BCUT2D eigenvalue weighted by Crippen LogP contribution is -2.38. The normalized spacial score (nSPS) is 14.2. The molecule has 6 nitrogen and oxygen atoms in total. The number of fused-ring (bicyclic) bond motifs is 2. The minimum absolute atomic E-state index is 0.0388. The van der Waals surface area contributed by atoms with Gasteiger partial charge in [-0.15, -0.1) is 0 Å². The zero-order valence-electron chi connectivity index (χ0n) is 17.3. The van der Waals surface area contributed by atoms with Gasteiger partial charge in [-0.1, -0.05) is 0 Å². The Morgan fingerprint density at radius 1 is 1.03 bits per heavy atom. The molecular weight excluding hydrogens is 419 g/mol. The highest BCUT2D eigenvalue weighted by Gasteiger charge is 2.32. The number of alkyl halides is 3. The predicted octanol–water partition coefficient (Wildman–Crippen LogP) is 4.56. The highest BCUT2D eigenvalue weighted by molar-refractivity contribution is 6.07. The molecule has 0 saturated heterocycles. The molecule has 9 heteroatoms. The second-order valence-electron chi connectivity index (χ2n) is 7.80. The molecule has 0 bridgehead atoms. The molecule has 0 atom stereocenters. The van der Waals surface area contributed by atoms with E-state index in [0.717, 1.165) is 29.3 Å². The third kappa shape index (κ3) is 3.30. The van der Waals surface area contributed by atoms with Crippen molar-refractivity contribution in [3.8, 4) is 11.4 Å². The van der Waals surface area contributed by atoms with Gasteiger partial charge in [0.1, 0.15) is 16.9 Å². The molecular formula is C23H18F3N5O. The number of amides is 1. The summed E-state index contributed by atoms with van der Waals surface area (Å²) in [7, 11) is 1.86. The number of pyridine rings is 1. The number of nitrogens with zero attached hydrogens (tertiary/aromatic N) is 5. The summed E-state index contributed by atoms with van der Waals surface area (Å²) >= 11 is 0. The number of hydrogen-bond donors (Lipinski definition) is 0. The van der Waals surface area contributed by atoms with Crippen LogP contribution in [0.4, 0.5) is 18.9 Å². The zero-order chi connectivity index (χ0) is 22.6. The topological polar surface area (TPSA) is 63.9 Å². The lowest BCUT2D eigenvalue weighted by Gasteiger charge is -2.29. The largest absolute Gasteiger partial charge is 0.433 e. The molecule has 0 radical (unpaired) electrons. The minimum atomic E-state index is -4.52. The number of aryl methyl sites for hydroxylation is 2. The van der Waals surface area contributed by atoms with E-state index in [1.54, 1.807) is 4.90 Å². The van der Waals surface area contributed by atoms with E-state index in [4.69, 9.17) is 0 Å². The Morgan fingerprint density at radius 2 is 1.84 bits per heavy atom. The van der Waals surface area contributed by atoms with Gasteiger partial charge in [0, 0.05) is 31.0 Å². The summed E-state index contributed by atoms with van der Waals surface area (Å²) in [6.45, 7) is 2.50. The highest BCUT2D eigenvalue weighted by Crippen LogP contribution is 2.31. The Kier molecular flexibility index (Phi) is 4.51. The number of carbonyl (C=O) groups is 1. The lowest BCUT2D eigenvalue weighted by molar-refractivity contribution is -0.140. The maximum atomic E-state index is 13.0. The van der Waals surface area contributed by atoms with Crippen molar-refractivity contribution in [1.29, 1.82) is 0 Å². The van der Waals surface area contributed by atoms with Gasteiger partial charge in [-0.3, -0.25) is 4.79 Å². The second kappa shape index (κ2) is 7.15. The van der Waals surface area contributed by atoms with Crippen LogP contribution in [0.2, 0.25) is 0 Å². The number of carbonyl (C=O) groups excluding carboxylic acids is 1. The summed E-state index contributed by atoms with van der Waals surface area (Å²) in [4.78, 5) is 27.0. The summed E-state index contributed by atoms with van der Waals surface area (Å²) < 4.78 is 40.5. The van der Waals surface area contributed by atoms with Gasteiger partial charge in [0.25, 0.3) is 5.91 Å². The third-order valence-corrected chi connectivity index (χ3v) is 5.68. The van der Waals surface area contributed by atoms with Gasteiger partial charge < -0.3 is 9.47 Å². The monoisotopic (exact) mass is 437 g/mol. The molecule has 162 valence electrons. The first-order valence-electron chi connectivity index (χ1n) is 10.0. The van der Waals surface area contributed by atoms with Gasteiger partial charge in [-0.25, -0.2) is 15.0 Å². The van der Waals surface area contributed by atoms with Gasteiger partial charge in [-0.05, 0) is 60.9 Å². The van der Waals surface area contributed by atoms with Crippen molar-refractivity contribution in [3.63, 3.8) is 0 Å². The van der Waals surface area contributed by atoms with Gasteiger partial charge in [0.05, 0.1) is 11.7 Å². The van der Waals surface area contributed by atoms with E-state index in [1.165, 1.54) is 12.3 Å². The van der Waals surface area contributed by atoms with E-state index in [1.807, 2.05) is 49.0 Å². The van der Waals surface area contributed by atoms with E-state index in [2.05, 4.69) is 15.0 Å². The summed E-state index contributed by atoms with van der Waals surface area (Å²) in [5, 5.41) is 0. The van der Waals surface area contributed by atoms with Crippen LogP contribution in [-0.4, -0.2) is 32.0 Å². The fraction of sp³-hybridized carbons (Fsp3) is 0.217. The maximum Gasteiger partial charge on any atom is 0.433 e. The van der Waals surface area contributed by atoms with Crippen LogP contribution in [0.15, 0.2) is 48.8 Å². The lowest BCUT2D eigenvalue weighted by atomic mass is 10.0. The molecule has 4 heterocycles. The number of rotatable bonds is 2. The maximum absolute atomic E-state index is 13.0. The van der Waals surface area contributed by atoms with Crippen molar-refractivity contribution >= 4 is 22.6 Å². The number of benzene rings is 1. The summed E-state index contributed by atoms with van der Waals surface area (Å²) in [5.74, 6) is 0.339. The predicted molar refractivity (Wildman–Crippen MR) is 113 cm³/mol. The molecule has 0 spiro atoms. The SMILES string of the molecule is Cc1cc(-c2ncc3nc(C(F)(F)F)ccc3n2)ccc1N1CCc2ccn(C)c2C1=O. The molecule has 32 heavy (non-hydrogen) atoms. The molecule has 1 aromatic carbocycles. The fourth-order valence-corrected chi connectivity index (χ4v) is 4.08. The van der Waals surface area contributed by atoms with Gasteiger partial charge in [0.15, 0.2) is 5.82 Å². The van der Waals surface area contributed by atoms with Crippen LogP contribution in [0.25, 0.3) is 22.4 Å². The second-order valence-corrected chi connectivity index (χ2v) is 7.80. The first kappa shape index (κ1) is 20.2. The van der Waals surface area contributed by atoms with Crippen LogP contribution < -0.4 is 4.90 Å². The number of anilines is 1. The molecule has 1 aliphatic heterocycles. The van der Waals surface area contributed by atoms with Gasteiger partial charge >= 0.3 is 6.18 Å². The van der Waals surface area contributed by atoms with Crippen molar-refractivity contribution in [1.82, 2.24) is 19.5 Å². The quantitative estimate of drug-likeness (QED) is 0.461. The number of hydrogen-bond acceptors (Lipinski definition) is 4. The van der Waals surface area contributed by atoms with Gasteiger partial charge in [-0.2, -0.15) is 13.2 Å². The molecule has 0 N–H and O–H groups in total. The van der Waals surface area contributed by atoms with E-state index in [0.29, 0.717) is 29.1 Å². The van der Waals surface area contributed by atoms with Crippen molar-refractivity contribution in [2.75, 3.05) is 11.4 Å². The Hall–Kier alpha value is -3.75. The fourth-order valence-electron chi connectivity index (χ4n) is 4.08. The smallest absolute Gasteiger partial charge is 0.346 e. The van der Waals surface area contributed by atoms with E-state index in [-0.39, 0.29) is 11.4 Å². The summed E-state index contributed by atoms with van der Waals surface area (Å²) in [6, 6.07) is 9.73. The molecule has 0 unspecified atom stereocenters. The van der Waals surface area contributed by atoms with Crippen LogP contribution in [0.5, 0.6) is 0 Å². The number of halogens is 3. The number of aromatic nitrogens is 4. The summed E-state index contributed by atoms with van der Waals surface area (Å²) in [6.07, 6.45) is -0.553. The highest BCUT2D eigenvalue weighted by atomic mass is 19.4. The molecule has 1 aliphatic rings. The Morgan fingerprint density at radius 3 is 2.59 bits per heavy atom. The average molecular weight is 437 g/mol. The Labute approximate surface area is 181 Å². The van der Waals surface area contributed by atoms with E-state index in [9.17, 15) is 18.0 Å². The molecule has 4 aromatic rings. The molecule has 0 fully saturated rings. The molecule has 0 aliphatic carbocycles. The van der Waals surface area contributed by atoms with Crippen molar-refractivity contribution in [2.45, 2.75) is 19.5 Å². The summed E-state index contributed by atoms with van der Waals surface area (Å²) in [5.41, 5.74) is 3.57. The first-order valence-corrected chi connectivity index (χ1v) is 10.0. The van der Waals surface area contributed by atoms with Crippen LogP contribution in [-0.2, 0) is 19.6 Å². The Bertz CT molecular complexity index is 1380.